The minimum atomic E-state index is -0.458. The lowest BCUT2D eigenvalue weighted by Gasteiger charge is -2.24. The molecule has 0 spiro atoms. The number of aryl methyl sites for hydroxylation is 1. The van der Waals surface area contributed by atoms with Crippen LogP contribution in [0.2, 0.25) is 0 Å². The van der Waals surface area contributed by atoms with E-state index in [-0.39, 0.29) is 0 Å². The Morgan fingerprint density at radius 3 is 2.27 bits per heavy atom. The van der Waals surface area contributed by atoms with Crippen molar-refractivity contribution < 1.29 is 9.84 Å². The highest BCUT2D eigenvalue weighted by Gasteiger charge is 2.15. The topological polar surface area (TPSA) is 32.7 Å². The molecule has 0 saturated carbocycles. The summed E-state index contributed by atoms with van der Waals surface area (Å²) < 4.78 is 5.38. The van der Waals surface area contributed by atoms with Gasteiger partial charge < -0.3 is 14.7 Å². The molecule has 1 rings (SSSR count). The van der Waals surface area contributed by atoms with Crippen molar-refractivity contribution >= 4 is 0 Å². The fourth-order valence-electron chi connectivity index (χ4n) is 2.67. The van der Waals surface area contributed by atoms with Crippen LogP contribution in [-0.2, 0) is 0 Å². The zero-order chi connectivity index (χ0) is 16.4. The maximum Gasteiger partial charge on any atom is 0.124 e. The average Bonchev–Trinajstić information content (AvgIpc) is 2.53. The molecule has 0 heterocycles. The van der Waals surface area contributed by atoms with E-state index in [4.69, 9.17) is 4.74 Å². The summed E-state index contributed by atoms with van der Waals surface area (Å²) in [5.74, 6) is 0.784. The SMILES string of the molecule is CCCCN(CCCC)CCC(O)c1cc(C)ccc1OC. The number of methoxy groups -OCH3 is 1. The molecule has 1 atom stereocenters. The molecule has 3 heteroatoms. The first kappa shape index (κ1) is 19.0. The summed E-state index contributed by atoms with van der Waals surface area (Å²) in [6.07, 6.45) is 5.20. The minimum absolute atomic E-state index is 0.458. The predicted molar refractivity (Wildman–Crippen MR) is 93.6 cm³/mol. The van der Waals surface area contributed by atoms with Gasteiger partial charge in [-0.3, -0.25) is 0 Å². The van der Waals surface area contributed by atoms with Gasteiger partial charge in [0.1, 0.15) is 5.75 Å². The summed E-state index contributed by atoms with van der Waals surface area (Å²) in [6.45, 7) is 9.71. The van der Waals surface area contributed by atoms with E-state index in [1.807, 2.05) is 25.1 Å². The molecule has 1 aromatic rings. The predicted octanol–water partition coefficient (Wildman–Crippen LogP) is 4.33. The largest absolute Gasteiger partial charge is 0.496 e. The van der Waals surface area contributed by atoms with Crippen molar-refractivity contribution in [3.63, 3.8) is 0 Å². The maximum absolute atomic E-state index is 10.5. The number of aliphatic hydroxyl groups is 1. The average molecular weight is 307 g/mol. The quantitative estimate of drug-likeness (QED) is 0.660. The van der Waals surface area contributed by atoms with E-state index in [0.717, 1.165) is 42.9 Å². The molecule has 22 heavy (non-hydrogen) atoms. The van der Waals surface area contributed by atoms with E-state index >= 15 is 0 Å². The van der Waals surface area contributed by atoms with E-state index in [9.17, 15) is 5.11 Å². The first-order chi connectivity index (χ1) is 10.6. The molecule has 0 fully saturated rings. The first-order valence-corrected chi connectivity index (χ1v) is 8.67. The van der Waals surface area contributed by atoms with E-state index in [0.29, 0.717) is 0 Å². The van der Waals surface area contributed by atoms with Crippen molar-refractivity contribution in [3.8, 4) is 5.75 Å². The minimum Gasteiger partial charge on any atom is -0.496 e. The van der Waals surface area contributed by atoms with Crippen LogP contribution in [0.5, 0.6) is 5.75 Å². The lowest BCUT2D eigenvalue weighted by molar-refractivity contribution is 0.137. The van der Waals surface area contributed by atoms with Gasteiger partial charge in [-0.1, -0.05) is 38.3 Å². The van der Waals surface area contributed by atoms with Crippen LogP contribution in [0, 0.1) is 6.92 Å². The Labute approximate surface area is 136 Å². The molecule has 1 aromatic carbocycles. The maximum atomic E-state index is 10.5. The van der Waals surface area contributed by atoms with E-state index in [1.165, 1.54) is 25.7 Å². The second-order valence-electron chi connectivity index (χ2n) is 6.10. The van der Waals surface area contributed by atoms with Gasteiger partial charge in [0, 0.05) is 12.1 Å². The van der Waals surface area contributed by atoms with Gasteiger partial charge in [0.2, 0.25) is 0 Å². The van der Waals surface area contributed by atoms with Gasteiger partial charge >= 0.3 is 0 Å². The summed E-state index contributed by atoms with van der Waals surface area (Å²) in [4.78, 5) is 2.48. The van der Waals surface area contributed by atoms with Gasteiger partial charge in [-0.25, -0.2) is 0 Å². The van der Waals surface area contributed by atoms with Crippen molar-refractivity contribution in [1.82, 2.24) is 4.90 Å². The van der Waals surface area contributed by atoms with Crippen LogP contribution in [0.3, 0.4) is 0 Å². The number of benzene rings is 1. The molecule has 0 bridgehead atoms. The third kappa shape index (κ3) is 6.37. The molecule has 0 aliphatic rings. The van der Waals surface area contributed by atoms with E-state index < -0.39 is 6.10 Å². The van der Waals surface area contributed by atoms with Crippen LogP contribution in [0.15, 0.2) is 18.2 Å². The molecule has 0 amide bonds. The van der Waals surface area contributed by atoms with Crippen molar-refractivity contribution in [2.24, 2.45) is 0 Å². The van der Waals surface area contributed by atoms with Gasteiger partial charge in [0.05, 0.1) is 13.2 Å². The third-order valence-corrected chi connectivity index (χ3v) is 4.12. The fourth-order valence-corrected chi connectivity index (χ4v) is 2.67. The first-order valence-electron chi connectivity index (χ1n) is 8.67. The van der Waals surface area contributed by atoms with Crippen LogP contribution < -0.4 is 4.74 Å². The summed E-state index contributed by atoms with van der Waals surface area (Å²) in [7, 11) is 1.66. The zero-order valence-electron chi connectivity index (χ0n) is 14.8. The Kier molecular flexibility index (Phi) is 9.17. The zero-order valence-corrected chi connectivity index (χ0v) is 14.8. The van der Waals surface area contributed by atoms with Crippen LogP contribution >= 0.6 is 0 Å². The normalized spacial score (nSPS) is 12.6. The number of unbranched alkanes of at least 4 members (excludes halogenated alkanes) is 2. The van der Waals surface area contributed by atoms with E-state index in [1.54, 1.807) is 7.11 Å². The van der Waals surface area contributed by atoms with Crippen molar-refractivity contribution in [1.29, 1.82) is 0 Å². The smallest absolute Gasteiger partial charge is 0.124 e. The summed E-state index contributed by atoms with van der Waals surface area (Å²) in [6, 6.07) is 6.00. The van der Waals surface area contributed by atoms with Gasteiger partial charge in [-0.15, -0.1) is 0 Å². The monoisotopic (exact) mass is 307 g/mol. The summed E-state index contributed by atoms with van der Waals surface area (Å²) in [5.41, 5.74) is 2.07. The molecular formula is C19H33NO2. The van der Waals surface area contributed by atoms with Gasteiger partial charge in [0.25, 0.3) is 0 Å². The van der Waals surface area contributed by atoms with Gasteiger partial charge in [0.15, 0.2) is 0 Å². The third-order valence-electron chi connectivity index (χ3n) is 4.12. The van der Waals surface area contributed by atoms with Crippen LogP contribution in [-0.4, -0.2) is 36.8 Å². The summed E-state index contributed by atoms with van der Waals surface area (Å²) >= 11 is 0. The Balaban J connectivity index is 2.61. The van der Waals surface area contributed by atoms with Crippen LogP contribution in [0.4, 0.5) is 0 Å². The molecule has 1 unspecified atom stereocenters. The number of rotatable bonds is 11. The van der Waals surface area contributed by atoms with Crippen molar-refractivity contribution in [3.05, 3.63) is 29.3 Å². The molecule has 0 aliphatic carbocycles. The Morgan fingerprint density at radius 1 is 1.09 bits per heavy atom. The molecule has 1 N–H and O–H groups in total. The second kappa shape index (κ2) is 10.6. The van der Waals surface area contributed by atoms with Crippen LogP contribution in [0.1, 0.15) is 63.2 Å². The fraction of sp³-hybridized carbons (Fsp3) is 0.684. The number of nitrogens with zero attached hydrogens (tertiary/aromatic N) is 1. The molecular weight excluding hydrogens is 274 g/mol. The highest BCUT2D eigenvalue weighted by molar-refractivity contribution is 5.38. The highest BCUT2D eigenvalue weighted by atomic mass is 16.5. The highest BCUT2D eigenvalue weighted by Crippen LogP contribution is 2.28. The van der Waals surface area contributed by atoms with Crippen LogP contribution in [0.25, 0.3) is 0 Å². The lowest BCUT2D eigenvalue weighted by Crippen LogP contribution is -2.28. The molecule has 3 nitrogen and oxygen atoms in total. The molecule has 0 aromatic heterocycles. The van der Waals surface area contributed by atoms with Crippen molar-refractivity contribution in [2.45, 2.75) is 59.0 Å². The van der Waals surface area contributed by atoms with Gasteiger partial charge in [-0.2, -0.15) is 0 Å². The number of aliphatic hydroxyl groups excluding tert-OH is 1. The summed E-state index contributed by atoms with van der Waals surface area (Å²) in [5, 5.41) is 10.5. The van der Waals surface area contributed by atoms with Gasteiger partial charge in [-0.05, 0) is 51.4 Å². The second-order valence-corrected chi connectivity index (χ2v) is 6.10. The lowest BCUT2D eigenvalue weighted by atomic mass is 10.0. The molecule has 0 radical (unpaired) electrons. The number of hydrogen-bond acceptors (Lipinski definition) is 3. The Hall–Kier alpha value is -1.06. The van der Waals surface area contributed by atoms with E-state index in [2.05, 4.69) is 18.7 Å². The molecule has 126 valence electrons. The Bertz CT molecular complexity index is 412. The molecule has 0 saturated heterocycles. The number of hydrogen-bond donors (Lipinski definition) is 1. The standard InChI is InChI=1S/C19H33NO2/c1-5-7-12-20(13-8-6-2)14-11-18(21)17-15-16(3)9-10-19(17)22-4/h9-10,15,18,21H,5-8,11-14H2,1-4H3. The Morgan fingerprint density at radius 2 is 1.73 bits per heavy atom. The molecule has 0 aliphatic heterocycles. The number of ether oxygens (including phenoxy) is 1. The van der Waals surface area contributed by atoms with Crippen molar-refractivity contribution in [2.75, 3.05) is 26.7 Å².